The zero-order valence-electron chi connectivity index (χ0n) is 10.5. The first kappa shape index (κ1) is 15.8. The van der Waals surface area contributed by atoms with E-state index in [4.69, 9.17) is 12.3 Å². The molecular weight excluding hydrogens is 239 g/mol. The number of allylic oxidation sites excluding steroid dienone is 3. The van der Waals surface area contributed by atoms with Gasteiger partial charge < -0.3 is 12.3 Å². The minimum Gasteiger partial charge on any atom is -0.619 e. The maximum absolute atomic E-state index is 10.8. The molecule has 0 rings (SSSR count). The van der Waals surface area contributed by atoms with Crippen LogP contribution in [-0.2, 0) is 21.9 Å². The second kappa shape index (κ2) is 8.85. The smallest absolute Gasteiger partial charge is 0.619 e. The first-order valence-electron chi connectivity index (χ1n) is 5.14. The fourth-order valence-corrected chi connectivity index (χ4v) is 1.38. The summed E-state index contributed by atoms with van der Waals surface area (Å²) in [4.78, 5) is 21.6. The monoisotopic (exact) mass is 255 g/mol. The normalized spacial score (nSPS) is 11.8. The number of rotatable bonds is 8. The van der Waals surface area contributed by atoms with E-state index in [0.717, 1.165) is 0 Å². The molecule has 1 radical (unpaired) electrons. The van der Waals surface area contributed by atoms with Crippen molar-refractivity contribution in [2.75, 3.05) is 6.61 Å². The van der Waals surface area contributed by atoms with Gasteiger partial charge in [0.2, 0.25) is 5.95 Å². The molecule has 0 aromatic heterocycles. The molecule has 0 N–H and O–H groups in total. The third kappa shape index (κ3) is 9.67. The van der Waals surface area contributed by atoms with Crippen LogP contribution in [0, 0.1) is 0 Å². The lowest BCUT2D eigenvalue weighted by atomic mass is 10.4. The molecule has 0 saturated heterocycles. The van der Waals surface area contributed by atoms with Crippen molar-refractivity contribution < 1.29 is 21.9 Å². The Morgan fingerprint density at radius 3 is 2.12 bits per heavy atom. The van der Waals surface area contributed by atoms with Gasteiger partial charge in [-0.2, -0.15) is 0 Å². The van der Waals surface area contributed by atoms with Crippen molar-refractivity contribution in [2.24, 2.45) is 0 Å². The van der Waals surface area contributed by atoms with E-state index in [1.54, 1.807) is 13.8 Å². The summed E-state index contributed by atoms with van der Waals surface area (Å²) in [5.41, 5.74) is 0. The molecule has 0 heterocycles. The highest BCUT2D eigenvalue weighted by atomic mass is 27.2. The summed E-state index contributed by atoms with van der Waals surface area (Å²) in [5, 5.41) is 0. The van der Waals surface area contributed by atoms with Gasteiger partial charge in [-0.1, -0.05) is 0 Å². The van der Waals surface area contributed by atoms with Crippen LogP contribution >= 0.6 is 0 Å². The summed E-state index contributed by atoms with van der Waals surface area (Å²) in [7, 11) is 0. The fraction of sp³-hybridized carbons (Fsp3) is 0.455. The molecule has 0 aliphatic heterocycles. The summed E-state index contributed by atoms with van der Waals surface area (Å²) in [6, 6.07) is 0. The van der Waals surface area contributed by atoms with Gasteiger partial charge in [0.15, 0.2) is 11.6 Å². The lowest BCUT2D eigenvalue weighted by molar-refractivity contribution is -0.113. The number of carbonyl (C=O) groups excluding carboxylic acids is 2. The number of ketones is 2. The van der Waals surface area contributed by atoms with Crippen LogP contribution < -0.4 is 0 Å². The molecule has 0 aliphatic rings. The molecule has 0 amide bonds. The number of hydrogen-bond donors (Lipinski definition) is 0. The Kier molecular flexibility index (Phi) is 8.20. The first-order valence-corrected chi connectivity index (χ1v) is 6.09. The molecule has 0 bridgehead atoms. The van der Waals surface area contributed by atoms with Gasteiger partial charge >= 0.3 is 15.9 Å². The Morgan fingerprint density at radius 2 is 1.65 bits per heavy atom. The number of carbonyl (C=O) groups is 2. The van der Waals surface area contributed by atoms with E-state index in [1.807, 2.05) is 0 Å². The predicted octanol–water partition coefficient (Wildman–Crippen LogP) is 1.51. The average Bonchev–Trinajstić information content (AvgIpc) is 2.15. The van der Waals surface area contributed by atoms with Crippen LogP contribution in [0.15, 0.2) is 23.9 Å². The van der Waals surface area contributed by atoms with Crippen molar-refractivity contribution >= 4 is 27.5 Å². The minimum absolute atomic E-state index is 0.0915. The highest BCUT2D eigenvalue weighted by Gasteiger charge is 2.09. The Morgan fingerprint density at radius 1 is 1.06 bits per heavy atom. The molecule has 0 aromatic rings. The zero-order valence-corrected chi connectivity index (χ0v) is 11.6. The van der Waals surface area contributed by atoms with E-state index in [1.165, 1.54) is 26.0 Å². The van der Waals surface area contributed by atoms with Gasteiger partial charge in [-0.15, -0.1) is 0 Å². The third-order valence-corrected chi connectivity index (χ3v) is 2.21. The van der Waals surface area contributed by atoms with Gasteiger partial charge in [0.1, 0.15) is 0 Å². The summed E-state index contributed by atoms with van der Waals surface area (Å²) < 4.78 is 15.4. The molecule has 0 atom stereocenters. The van der Waals surface area contributed by atoms with E-state index in [-0.39, 0.29) is 17.5 Å². The lowest BCUT2D eigenvalue weighted by Crippen LogP contribution is -2.07. The largest absolute Gasteiger partial charge is 0.883 e. The van der Waals surface area contributed by atoms with Crippen molar-refractivity contribution in [3.05, 3.63) is 23.9 Å². The standard InChI is InChI=1S/C6H10O3.C5H8O2.Al/c1-3-9-6(8)4-5(2)7;1-4(6)3-5(2)7;/h4,8H,3H2,1-2H3;3,6H,1-2H3;/q;;+2/p-2/b6-4+;4-3-;. The van der Waals surface area contributed by atoms with Crippen LogP contribution in [0.1, 0.15) is 27.7 Å². The van der Waals surface area contributed by atoms with E-state index in [2.05, 4.69) is 0 Å². The summed E-state index contributed by atoms with van der Waals surface area (Å²) >= 11 is -0.860. The first-order chi connectivity index (χ1) is 7.95. The van der Waals surface area contributed by atoms with Crippen LogP contribution in [0.2, 0.25) is 0 Å². The Hall–Kier alpha value is -1.25. The van der Waals surface area contributed by atoms with Crippen molar-refractivity contribution in [1.29, 1.82) is 0 Å². The highest BCUT2D eigenvalue weighted by molar-refractivity contribution is 6.19. The average molecular weight is 255 g/mol. The van der Waals surface area contributed by atoms with Crippen LogP contribution in [0.3, 0.4) is 0 Å². The quantitative estimate of drug-likeness (QED) is 0.374. The van der Waals surface area contributed by atoms with Crippen LogP contribution in [0.25, 0.3) is 0 Å². The van der Waals surface area contributed by atoms with Crippen molar-refractivity contribution in [1.82, 2.24) is 0 Å². The van der Waals surface area contributed by atoms with E-state index in [9.17, 15) is 9.59 Å². The summed E-state index contributed by atoms with van der Waals surface area (Å²) in [6.45, 7) is 6.69. The topological polar surface area (TPSA) is 61.8 Å². The van der Waals surface area contributed by atoms with E-state index >= 15 is 0 Å². The van der Waals surface area contributed by atoms with Gasteiger partial charge in [-0.25, -0.2) is 0 Å². The van der Waals surface area contributed by atoms with Crippen LogP contribution in [0.4, 0.5) is 0 Å². The molecule has 0 spiro atoms. The zero-order chi connectivity index (χ0) is 13.3. The Balaban J connectivity index is 4.15. The molecule has 6 heteroatoms. The Bertz CT molecular complexity index is 333. The number of ether oxygens (including phenoxy) is 1. The molecule has 5 nitrogen and oxygen atoms in total. The SMILES string of the molecule is CCO/C(=C/C(C)=O)[O][Al][O]/C(C)=C\C(C)=O. The minimum atomic E-state index is -0.860. The molecule has 0 aromatic carbocycles. The Labute approximate surface area is 108 Å². The third-order valence-electron chi connectivity index (χ3n) is 1.41. The van der Waals surface area contributed by atoms with Crippen LogP contribution in [0.5, 0.6) is 0 Å². The molecule has 0 aliphatic carbocycles. The molecular formula is C11H16AlO5. The molecule has 0 unspecified atom stereocenters. The van der Waals surface area contributed by atoms with Gasteiger partial charge in [-0.3, -0.25) is 9.59 Å². The predicted molar refractivity (Wildman–Crippen MR) is 62.8 cm³/mol. The van der Waals surface area contributed by atoms with E-state index in [0.29, 0.717) is 12.4 Å². The highest BCUT2D eigenvalue weighted by Crippen LogP contribution is 2.02. The van der Waals surface area contributed by atoms with E-state index < -0.39 is 15.9 Å². The molecule has 0 saturated carbocycles. The molecule has 17 heavy (non-hydrogen) atoms. The van der Waals surface area contributed by atoms with Gasteiger partial charge in [0.25, 0.3) is 0 Å². The van der Waals surface area contributed by atoms with Crippen molar-refractivity contribution in [3.63, 3.8) is 0 Å². The summed E-state index contributed by atoms with van der Waals surface area (Å²) in [6.07, 6.45) is 2.62. The number of hydrogen-bond acceptors (Lipinski definition) is 5. The maximum atomic E-state index is 10.8. The second-order valence-corrected chi connectivity index (χ2v) is 3.87. The van der Waals surface area contributed by atoms with Crippen molar-refractivity contribution in [3.8, 4) is 0 Å². The molecule has 0 fully saturated rings. The summed E-state index contributed by atoms with van der Waals surface area (Å²) in [5.74, 6) is 0.367. The van der Waals surface area contributed by atoms with Crippen molar-refractivity contribution in [2.45, 2.75) is 27.7 Å². The molecule has 93 valence electrons. The second-order valence-electron chi connectivity index (χ2n) is 3.20. The van der Waals surface area contributed by atoms with Crippen LogP contribution in [-0.4, -0.2) is 34.1 Å². The van der Waals surface area contributed by atoms with Gasteiger partial charge in [-0.05, 0) is 27.7 Å². The lowest BCUT2D eigenvalue weighted by Gasteiger charge is -2.11. The van der Waals surface area contributed by atoms with Gasteiger partial charge in [0.05, 0.1) is 18.4 Å². The maximum Gasteiger partial charge on any atom is 0.883 e. The fourth-order valence-electron chi connectivity index (χ4n) is 0.886. The van der Waals surface area contributed by atoms with Gasteiger partial charge in [0, 0.05) is 6.08 Å².